The van der Waals surface area contributed by atoms with Crippen LogP contribution in [0.15, 0.2) is 77.7 Å². The zero-order chi connectivity index (χ0) is 23.8. The third kappa shape index (κ3) is 4.73. The number of thioether (sulfide) groups is 1. The average Bonchev–Trinajstić information content (AvgIpc) is 2.85. The maximum Gasteiger partial charge on any atom is 0.221 e. The zero-order valence-electron chi connectivity index (χ0n) is 20.1. The second-order valence-electron chi connectivity index (χ2n) is 10.9. The fourth-order valence-electron chi connectivity index (χ4n) is 7.25. The quantitative estimate of drug-likeness (QED) is 0.347. The molecule has 4 heteroatoms. The van der Waals surface area contributed by atoms with Crippen molar-refractivity contribution in [3.8, 4) is 28.0 Å². The van der Waals surface area contributed by atoms with Gasteiger partial charge >= 0.3 is 0 Å². The van der Waals surface area contributed by atoms with Crippen molar-refractivity contribution in [3.05, 3.63) is 72.8 Å². The third-order valence-electron chi connectivity index (χ3n) is 8.29. The summed E-state index contributed by atoms with van der Waals surface area (Å²) in [6.45, 7) is 0. The van der Waals surface area contributed by atoms with E-state index in [1.165, 1.54) is 38.5 Å². The number of phenolic OH excluding ortho intramolecular Hbond substituents is 1. The second-order valence-corrected chi connectivity index (χ2v) is 12.1. The van der Waals surface area contributed by atoms with Gasteiger partial charge in [-0.05, 0) is 79.5 Å². The van der Waals surface area contributed by atoms with Gasteiger partial charge in [-0.25, -0.2) is 0 Å². The van der Waals surface area contributed by atoms with Gasteiger partial charge in [-0.3, -0.25) is 4.79 Å². The number of phenols is 1. The Kier molecular flexibility index (Phi) is 6.09. The first kappa shape index (κ1) is 22.7. The first-order chi connectivity index (χ1) is 17.1. The van der Waals surface area contributed by atoms with Crippen molar-refractivity contribution in [1.29, 1.82) is 0 Å². The van der Waals surface area contributed by atoms with Gasteiger partial charge in [-0.2, -0.15) is 0 Å². The van der Waals surface area contributed by atoms with Crippen LogP contribution < -0.4 is 5.32 Å². The van der Waals surface area contributed by atoms with Gasteiger partial charge in [0.2, 0.25) is 5.91 Å². The van der Waals surface area contributed by atoms with E-state index in [2.05, 4.69) is 17.4 Å². The summed E-state index contributed by atoms with van der Waals surface area (Å²) in [5.74, 6) is 3.73. The minimum absolute atomic E-state index is 0.0794. The van der Waals surface area contributed by atoms with Crippen LogP contribution in [-0.4, -0.2) is 22.3 Å². The highest BCUT2D eigenvalue weighted by Gasteiger charge is 2.51. The van der Waals surface area contributed by atoms with Crippen LogP contribution in [0.1, 0.15) is 44.9 Å². The molecule has 3 aromatic rings. The van der Waals surface area contributed by atoms with Gasteiger partial charge in [0.05, 0.1) is 0 Å². The molecule has 180 valence electrons. The Hall–Kier alpha value is -2.72. The molecule has 1 amide bonds. The molecule has 3 nitrogen and oxygen atoms in total. The maximum atomic E-state index is 13.0. The molecular formula is C31H33NO2S. The number of benzene rings is 3. The molecule has 4 aliphatic carbocycles. The number of amides is 1. The summed E-state index contributed by atoms with van der Waals surface area (Å²) in [5, 5.41) is 14.7. The molecule has 0 unspecified atom stereocenters. The van der Waals surface area contributed by atoms with Crippen LogP contribution in [0.3, 0.4) is 0 Å². The van der Waals surface area contributed by atoms with E-state index in [4.69, 9.17) is 0 Å². The lowest BCUT2D eigenvalue weighted by atomic mass is 9.53. The highest BCUT2D eigenvalue weighted by atomic mass is 32.2. The molecule has 0 aromatic heterocycles. The number of aromatic hydroxyl groups is 1. The molecule has 0 atom stereocenters. The molecule has 3 aromatic carbocycles. The van der Waals surface area contributed by atoms with E-state index in [1.54, 1.807) is 11.8 Å². The number of carbonyl (C=O) groups excluding carboxylic acids is 1. The highest BCUT2D eigenvalue weighted by Crippen LogP contribution is 2.55. The molecular weight excluding hydrogens is 450 g/mol. The summed E-state index contributed by atoms with van der Waals surface area (Å²) in [6, 6.07) is 24.1. The fourth-order valence-corrected chi connectivity index (χ4v) is 8.18. The largest absolute Gasteiger partial charge is 0.507 e. The van der Waals surface area contributed by atoms with Gasteiger partial charge in [0.1, 0.15) is 5.75 Å². The average molecular weight is 484 g/mol. The summed E-state index contributed by atoms with van der Waals surface area (Å²) in [5.41, 5.74) is 3.71. The molecule has 2 N–H and O–H groups in total. The number of hydrogen-bond donors (Lipinski definition) is 2. The van der Waals surface area contributed by atoms with Crippen molar-refractivity contribution in [1.82, 2.24) is 5.32 Å². The van der Waals surface area contributed by atoms with Crippen LogP contribution >= 0.6 is 11.8 Å². The molecule has 35 heavy (non-hydrogen) atoms. The number of hydrogen-bond acceptors (Lipinski definition) is 3. The minimum atomic E-state index is 0.0794. The van der Waals surface area contributed by atoms with Crippen LogP contribution in [0, 0.1) is 17.8 Å². The smallest absolute Gasteiger partial charge is 0.221 e. The number of rotatable bonds is 7. The Balaban J connectivity index is 1.17. The minimum Gasteiger partial charge on any atom is -0.507 e. The summed E-state index contributed by atoms with van der Waals surface area (Å²) >= 11 is 1.70. The van der Waals surface area contributed by atoms with E-state index < -0.39 is 0 Å². The number of nitrogens with one attached hydrogen (secondary N) is 1. The van der Waals surface area contributed by atoms with Crippen LogP contribution in [0.25, 0.3) is 22.3 Å². The van der Waals surface area contributed by atoms with Gasteiger partial charge in [-0.15, -0.1) is 11.8 Å². The molecule has 7 rings (SSSR count). The van der Waals surface area contributed by atoms with Crippen LogP contribution in [-0.2, 0) is 4.79 Å². The third-order valence-corrected chi connectivity index (χ3v) is 9.27. The predicted octanol–water partition coefficient (Wildman–Crippen LogP) is 7.29. The van der Waals surface area contributed by atoms with E-state index in [1.807, 2.05) is 60.7 Å². The molecule has 4 fully saturated rings. The summed E-state index contributed by atoms with van der Waals surface area (Å²) < 4.78 is 0. The van der Waals surface area contributed by atoms with E-state index in [9.17, 15) is 9.90 Å². The van der Waals surface area contributed by atoms with Crippen molar-refractivity contribution >= 4 is 17.7 Å². The lowest BCUT2D eigenvalue weighted by Gasteiger charge is -2.56. The van der Waals surface area contributed by atoms with Crippen molar-refractivity contribution in [2.24, 2.45) is 17.8 Å². The topological polar surface area (TPSA) is 49.3 Å². The van der Waals surface area contributed by atoms with Crippen LogP contribution in [0.2, 0.25) is 0 Å². The first-order valence-corrected chi connectivity index (χ1v) is 14.0. The van der Waals surface area contributed by atoms with E-state index in [0.29, 0.717) is 12.2 Å². The first-order valence-electron chi connectivity index (χ1n) is 13.0. The summed E-state index contributed by atoms with van der Waals surface area (Å²) in [4.78, 5) is 14.1. The molecule has 4 aliphatic rings. The normalized spacial score (nSPS) is 26.6. The van der Waals surface area contributed by atoms with Gasteiger partial charge in [0, 0.05) is 33.7 Å². The van der Waals surface area contributed by atoms with E-state index in [0.717, 1.165) is 50.7 Å². The Morgan fingerprint density at radius 1 is 0.829 bits per heavy atom. The summed E-state index contributed by atoms with van der Waals surface area (Å²) in [7, 11) is 0. The lowest BCUT2D eigenvalue weighted by molar-refractivity contribution is -0.126. The maximum absolute atomic E-state index is 13.0. The van der Waals surface area contributed by atoms with E-state index >= 15 is 0 Å². The Bertz CT molecular complexity index is 1110. The van der Waals surface area contributed by atoms with Gasteiger partial charge in [-0.1, -0.05) is 60.7 Å². The lowest BCUT2D eigenvalue weighted by Crippen LogP contribution is -2.59. The molecule has 4 bridgehead atoms. The van der Waals surface area contributed by atoms with Crippen molar-refractivity contribution in [2.45, 2.75) is 55.4 Å². The van der Waals surface area contributed by atoms with Crippen molar-refractivity contribution in [3.63, 3.8) is 0 Å². The Labute approximate surface area is 212 Å². The predicted molar refractivity (Wildman–Crippen MR) is 143 cm³/mol. The van der Waals surface area contributed by atoms with Gasteiger partial charge < -0.3 is 10.4 Å². The standard InChI is InChI=1S/C31H33NO2S/c33-29(32-31-18-21-13-22(19-31)15-23(14-21)20-31)11-12-35-26-16-27(24-7-3-1-4-8-24)30(34)28(17-26)25-9-5-2-6-10-25/h1-10,16-17,21-23,34H,11-15,18-20H2,(H,32,33). The van der Waals surface area contributed by atoms with Gasteiger partial charge in [0.15, 0.2) is 0 Å². The second kappa shape index (κ2) is 9.39. The molecule has 0 saturated heterocycles. The number of carbonyl (C=O) groups is 1. The van der Waals surface area contributed by atoms with Crippen LogP contribution in [0.4, 0.5) is 0 Å². The van der Waals surface area contributed by atoms with E-state index in [-0.39, 0.29) is 11.4 Å². The Morgan fingerprint density at radius 3 is 1.80 bits per heavy atom. The monoisotopic (exact) mass is 483 g/mol. The van der Waals surface area contributed by atoms with Crippen molar-refractivity contribution in [2.75, 3.05) is 5.75 Å². The Morgan fingerprint density at radius 2 is 1.31 bits per heavy atom. The summed E-state index contributed by atoms with van der Waals surface area (Å²) in [6.07, 6.45) is 8.26. The molecule has 4 saturated carbocycles. The fraction of sp³-hybridized carbons (Fsp3) is 0.387. The highest BCUT2D eigenvalue weighted by molar-refractivity contribution is 7.99. The molecule has 0 spiro atoms. The SMILES string of the molecule is O=C(CCSc1cc(-c2ccccc2)c(O)c(-c2ccccc2)c1)NC12CC3CC(CC(C3)C1)C2. The van der Waals surface area contributed by atoms with Crippen molar-refractivity contribution < 1.29 is 9.90 Å². The van der Waals surface area contributed by atoms with Gasteiger partial charge in [0.25, 0.3) is 0 Å². The molecule has 0 radical (unpaired) electrons. The zero-order valence-corrected chi connectivity index (χ0v) is 20.9. The molecule has 0 aliphatic heterocycles. The molecule has 0 heterocycles. The van der Waals surface area contributed by atoms with Crippen LogP contribution in [0.5, 0.6) is 5.75 Å².